The molecule has 22 heavy (non-hydrogen) atoms. The zero-order valence-electron chi connectivity index (χ0n) is 13.0. The summed E-state index contributed by atoms with van der Waals surface area (Å²) in [6, 6.07) is 4.01. The molecule has 2 heterocycles. The highest BCUT2D eigenvalue weighted by Gasteiger charge is 2.36. The first-order valence-corrected chi connectivity index (χ1v) is 7.02. The second-order valence-electron chi connectivity index (χ2n) is 5.71. The van der Waals surface area contributed by atoms with Crippen molar-refractivity contribution in [1.82, 2.24) is 9.55 Å². The number of aryl methyl sites for hydroxylation is 4. The molecule has 6 heteroatoms. The van der Waals surface area contributed by atoms with Gasteiger partial charge in [-0.2, -0.15) is 0 Å². The summed E-state index contributed by atoms with van der Waals surface area (Å²) in [5, 5.41) is 9.32. The van der Waals surface area contributed by atoms with Gasteiger partial charge in [0, 0.05) is 0 Å². The third-order valence-corrected chi connectivity index (χ3v) is 3.93. The Hall–Kier alpha value is -2.63. The lowest BCUT2D eigenvalue weighted by Gasteiger charge is -2.20. The summed E-state index contributed by atoms with van der Waals surface area (Å²) in [7, 11) is 0. The van der Waals surface area contributed by atoms with Crippen molar-refractivity contribution in [2.75, 3.05) is 4.90 Å². The maximum Gasteiger partial charge on any atom is 0.354 e. The van der Waals surface area contributed by atoms with E-state index in [1.807, 2.05) is 32.9 Å². The standard InChI is InChI=1S/C16H17N3O3/c1-8-5-9(2)13(10(3)6-8)19-12(20)7-18-14(15(21)22)11(4)17-16(18)19/h5-6H,7H2,1-4H3,(H,21,22). The van der Waals surface area contributed by atoms with E-state index in [9.17, 15) is 14.7 Å². The second-order valence-corrected chi connectivity index (χ2v) is 5.71. The lowest BCUT2D eigenvalue weighted by molar-refractivity contribution is -0.117. The summed E-state index contributed by atoms with van der Waals surface area (Å²) >= 11 is 0. The number of carboxylic acid groups (broad SMARTS) is 1. The van der Waals surface area contributed by atoms with Crippen molar-refractivity contribution in [3.8, 4) is 0 Å². The van der Waals surface area contributed by atoms with Gasteiger partial charge in [-0.15, -0.1) is 0 Å². The zero-order valence-corrected chi connectivity index (χ0v) is 13.0. The first kappa shape index (κ1) is 14.3. The number of rotatable bonds is 2. The Morgan fingerprint density at radius 1 is 1.18 bits per heavy atom. The molecule has 0 aliphatic carbocycles. The van der Waals surface area contributed by atoms with Crippen LogP contribution in [0.3, 0.4) is 0 Å². The molecule has 3 rings (SSSR count). The van der Waals surface area contributed by atoms with E-state index in [-0.39, 0.29) is 18.1 Å². The Balaban J connectivity index is 2.22. The maximum atomic E-state index is 12.4. The number of fused-ring (bicyclic) bond motifs is 1. The molecule has 2 aromatic rings. The minimum absolute atomic E-state index is 0.00453. The second kappa shape index (κ2) is 4.69. The Bertz CT molecular complexity index is 797. The van der Waals surface area contributed by atoms with Gasteiger partial charge in [-0.05, 0) is 38.8 Å². The molecule has 0 atom stereocenters. The molecule has 1 amide bonds. The number of imidazole rings is 1. The van der Waals surface area contributed by atoms with E-state index in [4.69, 9.17) is 0 Å². The maximum absolute atomic E-state index is 12.4. The van der Waals surface area contributed by atoms with Gasteiger partial charge in [-0.1, -0.05) is 17.7 Å². The third kappa shape index (κ3) is 1.91. The van der Waals surface area contributed by atoms with Crippen molar-refractivity contribution in [2.45, 2.75) is 34.2 Å². The first-order chi connectivity index (χ1) is 10.3. The molecule has 114 valence electrons. The molecule has 0 saturated heterocycles. The molecule has 1 aliphatic heterocycles. The van der Waals surface area contributed by atoms with E-state index in [2.05, 4.69) is 4.98 Å². The molecule has 0 spiro atoms. The predicted molar refractivity (Wildman–Crippen MR) is 81.7 cm³/mol. The van der Waals surface area contributed by atoms with Crippen LogP contribution in [0.15, 0.2) is 12.1 Å². The van der Waals surface area contributed by atoms with E-state index < -0.39 is 5.97 Å². The molecule has 1 aromatic heterocycles. The van der Waals surface area contributed by atoms with Crippen LogP contribution in [0.1, 0.15) is 32.9 Å². The summed E-state index contributed by atoms with van der Waals surface area (Å²) < 4.78 is 1.47. The molecule has 1 aliphatic rings. The fraction of sp³-hybridized carbons (Fsp3) is 0.312. The van der Waals surface area contributed by atoms with Crippen molar-refractivity contribution < 1.29 is 14.7 Å². The van der Waals surface area contributed by atoms with E-state index in [1.54, 1.807) is 6.92 Å². The number of aromatic carboxylic acids is 1. The van der Waals surface area contributed by atoms with Gasteiger partial charge < -0.3 is 5.11 Å². The number of aromatic nitrogens is 2. The highest BCUT2D eigenvalue weighted by Crippen LogP contribution is 2.36. The topological polar surface area (TPSA) is 75.4 Å². The van der Waals surface area contributed by atoms with Gasteiger partial charge >= 0.3 is 5.97 Å². The Kier molecular flexibility index (Phi) is 3.05. The number of nitrogens with zero attached hydrogens (tertiary/aromatic N) is 3. The first-order valence-electron chi connectivity index (χ1n) is 7.02. The van der Waals surface area contributed by atoms with Gasteiger partial charge in [0.05, 0.1) is 11.4 Å². The summed E-state index contributed by atoms with van der Waals surface area (Å²) in [5.74, 6) is -0.849. The fourth-order valence-corrected chi connectivity index (χ4v) is 3.22. The van der Waals surface area contributed by atoms with Crippen molar-refractivity contribution in [3.05, 3.63) is 40.2 Å². The molecular formula is C16H17N3O3. The van der Waals surface area contributed by atoms with Crippen LogP contribution in [0.4, 0.5) is 11.6 Å². The van der Waals surface area contributed by atoms with E-state index in [0.717, 1.165) is 22.4 Å². The van der Waals surface area contributed by atoms with Crippen molar-refractivity contribution in [1.29, 1.82) is 0 Å². The lowest BCUT2D eigenvalue weighted by atomic mass is 10.0. The number of hydrogen-bond acceptors (Lipinski definition) is 3. The van der Waals surface area contributed by atoms with Gasteiger partial charge in [-0.3, -0.25) is 9.36 Å². The fourth-order valence-electron chi connectivity index (χ4n) is 3.22. The SMILES string of the molecule is Cc1cc(C)c(N2C(=O)Cn3c2nc(C)c3C(=O)O)c(C)c1. The van der Waals surface area contributed by atoms with E-state index >= 15 is 0 Å². The van der Waals surface area contributed by atoms with Crippen molar-refractivity contribution >= 4 is 23.5 Å². The summed E-state index contributed by atoms with van der Waals surface area (Å²) in [4.78, 5) is 29.7. The summed E-state index contributed by atoms with van der Waals surface area (Å²) in [6.45, 7) is 7.54. The summed E-state index contributed by atoms with van der Waals surface area (Å²) in [5.41, 5.74) is 4.34. The molecule has 1 aromatic carbocycles. The average Bonchev–Trinajstić information content (AvgIpc) is 2.83. The highest BCUT2D eigenvalue weighted by molar-refractivity contribution is 6.05. The molecule has 0 fully saturated rings. The molecular weight excluding hydrogens is 282 g/mol. The van der Waals surface area contributed by atoms with Crippen LogP contribution in [-0.4, -0.2) is 26.5 Å². The number of benzene rings is 1. The van der Waals surface area contributed by atoms with Crippen molar-refractivity contribution in [3.63, 3.8) is 0 Å². The monoisotopic (exact) mass is 299 g/mol. The van der Waals surface area contributed by atoms with Crippen LogP contribution >= 0.6 is 0 Å². The molecule has 0 bridgehead atoms. The number of anilines is 2. The number of carboxylic acids is 1. The van der Waals surface area contributed by atoms with Crippen LogP contribution in [0.2, 0.25) is 0 Å². The molecule has 1 N–H and O–H groups in total. The molecule has 6 nitrogen and oxygen atoms in total. The van der Waals surface area contributed by atoms with E-state index in [1.165, 1.54) is 9.47 Å². The van der Waals surface area contributed by atoms with Crippen LogP contribution in [0, 0.1) is 27.7 Å². The van der Waals surface area contributed by atoms with Gasteiger partial charge in [0.2, 0.25) is 5.95 Å². The molecule has 0 saturated carbocycles. The number of carbonyl (C=O) groups is 2. The molecule has 0 radical (unpaired) electrons. The third-order valence-electron chi connectivity index (χ3n) is 3.93. The van der Waals surface area contributed by atoms with Crippen LogP contribution in [-0.2, 0) is 11.3 Å². The Labute approximate surface area is 128 Å². The van der Waals surface area contributed by atoms with Crippen LogP contribution in [0.5, 0.6) is 0 Å². The number of amides is 1. The van der Waals surface area contributed by atoms with Crippen LogP contribution in [0.25, 0.3) is 0 Å². The smallest absolute Gasteiger partial charge is 0.354 e. The number of carbonyl (C=O) groups excluding carboxylic acids is 1. The minimum atomic E-state index is -1.07. The van der Waals surface area contributed by atoms with Crippen LogP contribution < -0.4 is 4.90 Å². The van der Waals surface area contributed by atoms with Gasteiger partial charge in [-0.25, -0.2) is 14.7 Å². The quantitative estimate of drug-likeness (QED) is 0.924. The molecule has 0 unspecified atom stereocenters. The Morgan fingerprint density at radius 3 is 2.32 bits per heavy atom. The van der Waals surface area contributed by atoms with Gasteiger partial charge in [0.1, 0.15) is 6.54 Å². The average molecular weight is 299 g/mol. The highest BCUT2D eigenvalue weighted by atomic mass is 16.4. The predicted octanol–water partition coefficient (Wildman–Crippen LogP) is 2.49. The lowest BCUT2D eigenvalue weighted by Crippen LogP contribution is -2.23. The number of hydrogen-bond donors (Lipinski definition) is 1. The largest absolute Gasteiger partial charge is 0.477 e. The van der Waals surface area contributed by atoms with Crippen molar-refractivity contribution in [2.24, 2.45) is 0 Å². The summed E-state index contributed by atoms with van der Waals surface area (Å²) in [6.07, 6.45) is 0. The van der Waals surface area contributed by atoms with E-state index in [0.29, 0.717) is 11.6 Å². The normalized spacial score (nSPS) is 13.6. The van der Waals surface area contributed by atoms with Gasteiger partial charge in [0.15, 0.2) is 5.69 Å². The van der Waals surface area contributed by atoms with Gasteiger partial charge in [0.25, 0.3) is 5.91 Å². The minimum Gasteiger partial charge on any atom is -0.477 e. The zero-order chi connectivity index (χ0) is 16.2. The Morgan fingerprint density at radius 2 is 1.77 bits per heavy atom.